The molecule has 1 aliphatic heterocycles. The Bertz CT molecular complexity index is 594. The molecule has 2 unspecified atom stereocenters. The van der Waals surface area contributed by atoms with Gasteiger partial charge in [-0.25, -0.2) is 4.79 Å². The van der Waals surface area contributed by atoms with Gasteiger partial charge in [0.15, 0.2) is 0 Å². The van der Waals surface area contributed by atoms with E-state index >= 15 is 0 Å². The van der Waals surface area contributed by atoms with Crippen LogP contribution in [0.1, 0.15) is 64.2 Å². The molecular formula is C19H31ClN4O3. The van der Waals surface area contributed by atoms with Gasteiger partial charge in [-0.15, -0.1) is 12.4 Å². The van der Waals surface area contributed by atoms with E-state index in [4.69, 9.17) is 5.73 Å². The van der Waals surface area contributed by atoms with Crippen LogP contribution in [0.3, 0.4) is 0 Å². The predicted molar refractivity (Wildman–Crippen MR) is 103 cm³/mol. The number of urea groups is 1. The molecule has 0 aromatic carbocycles. The van der Waals surface area contributed by atoms with E-state index in [1.54, 1.807) is 0 Å². The summed E-state index contributed by atoms with van der Waals surface area (Å²) < 4.78 is 0. The molecule has 3 saturated carbocycles. The molecular weight excluding hydrogens is 368 g/mol. The van der Waals surface area contributed by atoms with Gasteiger partial charge in [0.2, 0.25) is 5.91 Å². The predicted octanol–water partition coefficient (Wildman–Crippen LogP) is 1.69. The van der Waals surface area contributed by atoms with Gasteiger partial charge in [-0.2, -0.15) is 0 Å². The lowest BCUT2D eigenvalue weighted by molar-refractivity contribution is -0.131. The first-order valence-electron chi connectivity index (χ1n) is 10.2. The maximum Gasteiger partial charge on any atom is 0.325 e. The number of imide groups is 1. The van der Waals surface area contributed by atoms with Crippen molar-refractivity contribution in [3.05, 3.63) is 0 Å². The summed E-state index contributed by atoms with van der Waals surface area (Å²) in [6, 6.07) is 0.123. The minimum Gasteiger partial charge on any atom is -0.353 e. The highest BCUT2D eigenvalue weighted by molar-refractivity contribution is 6.07. The van der Waals surface area contributed by atoms with Gasteiger partial charge in [-0.1, -0.05) is 19.3 Å². The minimum atomic E-state index is -0.690. The number of carbonyl (C=O) groups excluding carboxylic acids is 3. The number of hydrogen-bond donors (Lipinski definition) is 3. The summed E-state index contributed by atoms with van der Waals surface area (Å²) in [7, 11) is 0. The minimum absolute atomic E-state index is 0. The SMILES string of the molecule is Cl.NC1CC2CCCC(C1)C2NC(=O)CCN1C(=O)NC2(CCCC2)C1=O. The van der Waals surface area contributed by atoms with Crippen molar-refractivity contribution in [1.29, 1.82) is 0 Å². The number of halogens is 1. The third kappa shape index (κ3) is 3.81. The number of carbonyl (C=O) groups is 3. The van der Waals surface area contributed by atoms with E-state index in [0.29, 0.717) is 24.7 Å². The number of hydrogen-bond acceptors (Lipinski definition) is 4. The normalized spacial score (nSPS) is 34.3. The maximum atomic E-state index is 12.6. The van der Waals surface area contributed by atoms with Crippen LogP contribution >= 0.6 is 12.4 Å². The fourth-order valence-corrected chi connectivity index (χ4v) is 5.69. The van der Waals surface area contributed by atoms with Crippen LogP contribution in [0, 0.1) is 11.8 Å². The largest absolute Gasteiger partial charge is 0.353 e. The molecule has 0 aromatic heterocycles. The highest BCUT2D eigenvalue weighted by Crippen LogP contribution is 2.39. The zero-order chi connectivity index (χ0) is 18.3. The third-order valence-corrected chi connectivity index (χ3v) is 6.97. The Kier molecular flexibility index (Phi) is 6.01. The summed E-state index contributed by atoms with van der Waals surface area (Å²) in [5, 5.41) is 6.06. The number of nitrogens with two attached hydrogens (primary N) is 1. The van der Waals surface area contributed by atoms with Gasteiger partial charge in [0.05, 0.1) is 0 Å². The Balaban J connectivity index is 0.00000210. The van der Waals surface area contributed by atoms with Crippen molar-refractivity contribution in [3.63, 3.8) is 0 Å². The zero-order valence-corrected chi connectivity index (χ0v) is 16.6. The lowest BCUT2D eigenvalue weighted by Crippen LogP contribution is -2.54. The van der Waals surface area contributed by atoms with Gasteiger partial charge in [0, 0.05) is 25.0 Å². The maximum absolute atomic E-state index is 12.6. The van der Waals surface area contributed by atoms with Crippen LogP contribution in [0.2, 0.25) is 0 Å². The second-order valence-corrected chi connectivity index (χ2v) is 8.70. The first-order valence-corrected chi connectivity index (χ1v) is 10.2. The molecule has 2 bridgehead atoms. The quantitative estimate of drug-likeness (QED) is 0.626. The van der Waals surface area contributed by atoms with Crippen LogP contribution in [-0.2, 0) is 9.59 Å². The molecule has 152 valence electrons. The van der Waals surface area contributed by atoms with Crippen molar-refractivity contribution < 1.29 is 14.4 Å². The van der Waals surface area contributed by atoms with E-state index in [9.17, 15) is 14.4 Å². The summed E-state index contributed by atoms with van der Waals surface area (Å²) in [4.78, 5) is 38.6. The van der Waals surface area contributed by atoms with Gasteiger partial charge in [-0.3, -0.25) is 14.5 Å². The highest BCUT2D eigenvalue weighted by Gasteiger charge is 2.52. The van der Waals surface area contributed by atoms with Crippen LogP contribution in [0.25, 0.3) is 0 Å². The lowest BCUT2D eigenvalue weighted by Gasteiger charge is -2.45. The fraction of sp³-hybridized carbons (Fsp3) is 0.842. The van der Waals surface area contributed by atoms with Gasteiger partial charge in [0.1, 0.15) is 5.54 Å². The summed E-state index contributed by atoms with van der Waals surface area (Å²) in [5.74, 6) is 0.739. The smallest absolute Gasteiger partial charge is 0.325 e. The highest BCUT2D eigenvalue weighted by atomic mass is 35.5. The summed E-state index contributed by atoms with van der Waals surface area (Å²) in [5.41, 5.74) is 5.46. The lowest BCUT2D eigenvalue weighted by atomic mass is 9.67. The topological polar surface area (TPSA) is 105 Å². The standard InChI is InChI=1S/C19H30N4O3.ClH/c20-14-10-12-4-3-5-13(11-14)16(12)21-15(24)6-9-23-17(25)19(22-18(23)26)7-1-2-8-19;/h12-14,16H,1-11,20H2,(H,21,24)(H,22,26);1H. The van der Waals surface area contributed by atoms with Crippen molar-refractivity contribution in [1.82, 2.24) is 15.5 Å². The first kappa shape index (κ1) is 20.4. The van der Waals surface area contributed by atoms with Gasteiger partial charge >= 0.3 is 6.03 Å². The number of nitrogens with zero attached hydrogens (tertiary/aromatic N) is 1. The van der Waals surface area contributed by atoms with Crippen LogP contribution in [0.4, 0.5) is 4.79 Å². The second-order valence-electron chi connectivity index (χ2n) is 8.70. The average Bonchev–Trinajstić information content (AvgIpc) is 3.13. The molecule has 1 heterocycles. The Morgan fingerprint density at radius 1 is 1.15 bits per heavy atom. The molecule has 1 saturated heterocycles. The molecule has 0 radical (unpaired) electrons. The fourth-order valence-electron chi connectivity index (χ4n) is 5.69. The van der Waals surface area contributed by atoms with Crippen LogP contribution < -0.4 is 16.4 Å². The summed E-state index contributed by atoms with van der Waals surface area (Å²) in [6.45, 7) is 0.166. The summed E-state index contributed by atoms with van der Waals surface area (Å²) >= 11 is 0. The van der Waals surface area contributed by atoms with Crippen LogP contribution in [-0.4, -0.2) is 46.9 Å². The molecule has 4 amide bonds. The third-order valence-electron chi connectivity index (χ3n) is 6.97. The Morgan fingerprint density at radius 3 is 2.41 bits per heavy atom. The zero-order valence-electron chi connectivity index (χ0n) is 15.7. The van der Waals surface area contributed by atoms with E-state index in [1.165, 1.54) is 11.3 Å². The molecule has 7 nitrogen and oxygen atoms in total. The second kappa shape index (κ2) is 7.95. The molecule has 1 spiro atoms. The van der Waals surface area contributed by atoms with Crippen LogP contribution in [0.5, 0.6) is 0 Å². The molecule has 8 heteroatoms. The Morgan fingerprint density at radius 2 is 1.78 bits per heavy atom. The average molecular weight is 399 g/mol. The molecule has 2 atom stereocenters. The van der Waals surface area contributed by atoms with Crippen molar-refractivity contribution in [2.24, 2.45) is 17.6 Å². The van der Waals surface area contributed by atoms with E-state index in [0.717, 1.165) is 38.5 Å². The van der Waals surface area contributed by atoms with E-state index in [2.05, 4.69) is 10.6 Å². The van der Waals surface area contributed by atoms with E-state index in [1.807, 2.05) is 0 Å². The van der Waals surface area contributed by atoms with Crippen molar-refractivity contribution in [3.8, 4) is 0 Å². The van der Waals surface area contributed by atoms with Crippen molar-refractivity contribution >= 4 is 30.3 Å². The molecule has 4 rings (SSSR count). The van der Waals surface area contributed by atoms with Crippen LogP contribution in [0.15, 0.2) is 0 Å². The first-order chi connectivity index (χ1) is 12.5. The number of nitrogens with one attached hydrogen (secondary N) is 2. The molecule has 4 N–H and O–H groups in total. The van der Waals surface area contributed by atoms with Gasteiger partial charge in [-0.05, 0) is 50.4 Å². The molecule has 4 fully saturated rings. The number of fused-ring (bicyclic) bond motifs is 2. The molecule has 3 aliphatic carbocycles. The number of rotatable bonds is 4. The van der Waals surface area contributed by atoms with E-state index < -0.39 is 5.54 Å². The van der Waals surface area contributed by atoms with Gasteiger partial charge in [0.25, 0.3) is 5.91 Å². The number of amides is 4. The Hall–Kier alpha value is -1.34. The molecule has 4 aliphatic rings. The monoisotopic (exact) mass is 398 g/mol. The molecule has 0 aromatic rings. The van der Waals surface area contributed by atoms with E-state index in [-0.39, 0.29) is 55.3 Å². The van der Waals surface area contributed by atoms with Gasteiger partial charge < -0.3 is 16.4 Å². The Labute approximate surface area is 166 Å². The van der Waals surface area contributed by atoms with Crippen molar-refractivity contribution in [2.45, 2.75) is 81.8 Å². The summed E-state index contributed by atoms with van der Waals surface area (Å²) in [6.07, 6.45) is 8.98. The molecule has 27 heavy (non-hydrogen) atoms. The van der Waals surface area contributed by atoms with Crippen molar-refractivity contribution in [2.75, 3.05) is 6.54 Å².